The Labute approximate surface area is 91.3 Å². The van der Waals surface area contributed by atoms with Crippen molar-refractivity contribution in [1.29, 1.82) is 0 Å². The van der Waals surface area contributed by atoms with Gasteiger partial charge in [-0.2, -0.15) is 0 Å². The van der Waals surface area contributed by atoms with Crippen molar-refractivity contribution in [2.75, 3.05) is 5.73 Å². The van der Waals surface area contributed by atoms with Crippen LogP contribution in [-0.2, 0) is 6.42 Å². The van der Waals surface area contributed by atoms with Crippen LogP contribution in [0.5, 0.6) is 0 Å². The first-order valence-corrected chi connectivity index (χ1v) is 5.38. The number of nitrogen functional groups attached to an aromatic ring is 1. The van der Waals surface area contributed by atoms with Crippen LogP contribution in [0, 0.1) is 5.92 Å². The van der Waals surface area contributed by atoms with E-state index in [4.69, 9.17) is 5.73 Å². The monoisotopic (exact) mass is 208 g/mol. The largest absolute Gasteiger partial charge is 0.398 e. The highest BCUT2D eigenvalue weighted by Gasteiger charge is 2.27. The minimum atomic E-state index is -0.716. The lowest BCUT2D eigenvalue weighted by molar-refractivity contribution is 0.00524. The van der Waals surface area contributed by atoms with Crippen molar-refractivity contribution in [2.24, 2.45) is 5.92 Å². The summed E-state index contributed by atoms with van der Waals surface area (Å²) in [5.41, 5.74) is 6.72. The van der Waals surface area contributed by atoms with Crippen LogP contribution in [0.15, 0.2) is 18.5 Å². The number of rotatable bonds is 4. The Morgan fingerprint density at radius 2 is 2.27 bits per heavy atom. The summed E-state index contributed by atoms with van der Waals surface area (Å²) in [7, 11) is 0. The molecule has 84 valence electrons. The summed E-state index contributed by atoms with van der Waals surface area (Å²) in [4.78, 5) is 4.02. The maximum Gasteiger partial charge on any atom is 0.0686 e. The normalized spacial score (nSPS) is 17.1. The summed E-state index contributed by atoms with van der Waals surface area (Å²) >= 11 is 0. The van der Waals surface area contributed by atoms with Gasteiger partial charge in [-0.1, -0.05) is 20.3 Å². The average Bonchev–Trinajstić information content (AvgIpc) is 2.20. The smallest absolute Gasteiger partial charge is 0.0686 e. The van der Waals surface area contributed by atoms with Crippen molar-refractivity contribution in [3.8, 4) is 0 Å². The second kappa shape index (κ2) is 4.62. The summed E-state index contributed by atoms with van der Waals surface area (Å²) in [6.45, 7) is 5.98. The van der Waals surface area contributed by atoms with Crippen molar-refractivity contribution in [3.63, 3.8) is 0 Å². The van der Waals surface area contributed by atoms with E-state index in [1.807, 2.05) is 13.8 Å². The number of hydrogen-bond acceptors (Lipinski definition) is 3. The van der Waals surface area contributed by atoms with Crippen LogP contribution in [0.2, 0.25) is 0 Å². The van der Waals surface area contributed by atoms with Gasteiger partial charge in [-0.05, 0) is 24.5 Å². The molecule has 15 heavy (non-hydrogen) atoms. The fourth-order valence-corrected chi connectivity index (χ4v) is 1.59. The van der Waals surface area contributed by atoms with E-state index < -0.39 is 5.60 Å². The predicted molar refractivity (Wildman–Crippen MR) is 62.4 cm³/mol. The SMILES string of the molecule is CCC(C)C(C)(O)Cc1cnccc1N. The van der Waals surface area contributed by atoms with Crippen molar-refractivity contribution in [2.45, 2.75) is 39.2 Å². The molecule has 1 aromatic rings. The molecule has 2 atom stereocenters. The maximum atomic E-state index is 10.3. The lowest BCUT2D eigenvalue weighted by atomic mass is 9.83. The van der Waals surface area contributed by atoms with Gasteiger partial charge in [0.1, 0.15) is 0 Å². The standard InChI is InChI=1S/C12H20N2O/c1-4-9(2)12(3,15)7-10-8-14-6-5-11(10)13/h5-6,8-9,15H,4,7H2,1-3H3,(H2,13,14). The molecule has 1 heterocycles. The van der Waals surface area contributed by atoms with E-state index in [1.165, 1.54) is 0 Å². The molecular weight excluding hydrogens is 188 g/mol. The molecule has 0 radical (unpaired) electrons. The fraction of sp³-hybridized carbons (Fsp3) is 0.583. The minimum Gasteiger partial charge on any atom is -0.398 e. The first-order valence-electron chi connectivity index (χ1n) is 5.38. The fourth-order valence-electron chi connectivity index (χ4n) is 1.59. The summed E-state index contributed by atoms with van der Waals surface area (Å²) in [6.07, 6.45) is 4.90. The van der Waals surface area contributed by atoms with Crippen LogP contribution in [0.4, 0.5) is 5.69 Å². The van der Waals surface area contributed by atoms with Crippen molar-refractivity contribution < 1.29 is 5.11 Å². The Bertz CT molecular complexity index is 323. The number of aromatic nitrogens is 1. The highest BCUT2D eigenvalue weighted by molar-refractivity contribution is 5.44. The van der Waals surface area contributed by atoms with Crippen LogP contribution in [0.1, 0.15) is 32.8 Å². The summed E-state index contributed by atoms with van der Waals surface area (Å²) in [5, 5.41) is 10.3. The zero-order valence-corrected chi connectivity index (χ0v) is 9.70. The van der Waals surface area contributed by atoms with Crippen molar-refractivity contribution in [3.05, 3.63) is 24.0 Å². The molecule has 3 N–H and O–H groups in total. The molecule has 0 saturated carbocycles. The second-order valence-electron chi connectivity index (χ2n) is 4.42. The van der Waals surface area contributed by atoms with E-state index in [9.17, 15) is 5.11 Å². The molecule has 0 spiro atoms. The highest BCUT2D eigenvalue weighted by atomic mass is 16.3. The Kier molecular flexibility index (Phi) is 3.69. The van der Waals surface area contributed by atoms with Gasteiger partial charge in [-0.25, -0.2) is 0 Å². The Morgan fingerprint density at radius 3 is 2.80 bits per heavy atom. The van der Waals surface area contributed by atoms with Gasteiger partial charge in [0.05, 0.1) is 5.60 Å². The lowest BCUT2D eigenvalue weighted by Crippen LogP contribution is -2.35. The third kappa shape index (κ3) is 2.93. The van der Waals surface area contributed by atoms with Crippen LogP contribution in [0.25, 0.3) is 0 Å². The van der Waals surface area contributed by atoms with Crippen LogP contribution in [-0.4, -0.2) is 15.7 Å². The van der Waals surface area contributed by atoms with E-state index in [0.717, 1.165) is 12.0 Å². The molecule has 0 amide bonds. The van der Waals surface area contributed by atoms with Gasteiger partial charge in [0, 0.05) is 24.5 Å². The van der Waals surface area contributed by atoms with Crippen LogP contribution >= 0.6 is 0 Å². The minimum absolute atomic E-state index is 0.247. The first kappa shape index (κ1) is 12.0. The number of nitrogens with zero attached hydrogens (tertiary/aromatic N) is 1. The van der Waals surface area contributed by atoms with Gasteiger partial charge in [0.25, 0.3) is 0 Å². The highest BCUT2D eigenvalue weighted by Crippen LogP contribution is 2.26. The Morgan fingerprint density at radius 1 is 1.60 bits per heavy atom. The topological polar surface area (TPSA) is 59.1 Å². The van der Waals surface area contributed by atoms with Crippen molar-refractivity contribution >= 4 is 5.69 Å². The summed E-state index contributed by atoms with van der Waals surface area (Å²) in [5.74, 6) is 0.247. The van der Waals surface area contributed by atoms with E-state index in [2.05, 4.69) is 11.9 Å². The van der Waals surface area contributed by atoms with Crippen LogP contribution < -0.4 is 5.73 Å². The Balaban J connectivity index is 2.81. The number of nitrogens with two attached hydrogens (primary N) is 1. The molecule has 2 unspecified atom stereocenters. The van der Waals surface area contributed by atoms with Gasteiger partial charge in [-0.3, -0.25) is 4.98 Å². The first-order chi connectivity index (χ1) is 6.97. The summed E-state index contributed by atoms with van der Waals surface area (Å²) in [6, 6.07) is 1.77. The summed E-state index contributed by atoms with van der Waals surface area (Å²) < 4.78 is 0. The molecule has 0 saturated heterocycles. The molecule has 0 fully saturated rings. The zero-order valence-electron chi connectivity index (χ0n) is 9.70. The molecule has 3 heteroatoms. The third-order valence-electron chi connectivity index (χ3n) is 3.16. The number of anilines is 1. The number of pyridine rings is 1. The molecule has 3 nitrogen and oxygen atoms in total. The van der Waals surface area contributed by atoms with Crippen molar-refractivity contribution in [1.82, 2.24) is 4.98 Å². The third-order valence-corrected chi connectivity index (χ3v) is 3.16. The molecule has 0 bridgehead atoms. The number of aliphatic hydroxyl groups is 1. The van der Waals surface area contributed by atoms with E-state index in [0.29, 0.717) is 12.1 Å². The molecule has 0 aromatic carbocycles. The van der Waals surface area contributed by atoms with Gasteiger partial charge in [-0.15, -0.1) is 0 Å². The molecule has 1 rings (SSSR count). The van der Waals surface area contributed by atoms with Gasteiger partial charge in [0.15, 0.2) is 0 Å². The average molecular weight is 208 g/mol. The van der Waals surface area contributed by atoms with Gasteiger partial charge < -0.3 is 10.8 Å². The van der Waals surface area contributed by atoms with Gasteiger partial charge >= 0.3 is 0 Å². The molecular formula is C12H20N2O. The van der Waals surface area contributed by atoms with E-state index in [1.54, 1.807) is 18.5 Å². The molecule has 0 aliphatic heterocycles. The zero-order chi connectivity index (χ0) is 11.5. The molecule has 0 aliphatic rings. The quantitative estimate of drug-likeness (QED) is 0.795. The van der Waals surface area contributed by atoms with E-state index >= 15 is 0 Å². The van der Waals surface area contributed by atoms with E-state index in [-0.39, 0.29) is 5.92 Å². The number of hydrogen-bond donors (Lipinski definition) is 2. The predicted octanol–water partition coefficient (Wildman–Crippen LogP) is 2.00. The van der Waals surface area contributed by atoms with Gasteiger partial charge in [0.2, 0.25) is 0 Å². The maximum absolute atomic E-state index is 10.3. The molecule has 0 aliphatic carbocycles. The van der Waals surface area contributed by atoms with Crippen LogP contribution in [0.3, 0.4) is 0 Å². The second-order valence-corrected chi connectivity index (χ2v) is 4.42. The lowest BCUT2D eigenvalue weighted by Gasteiger charge is -2.30. The Hall–Kier alpha value is -1.09. The molecule has 1 aromatic heterocycles.